The molecule has 0 fully saturated rings. The monoisotopic (exact) mass is 1210 g/mol. The number of nitrogens with zero attached hydrogens (tertiary/aromatic N) is 5. The summed E-state index contributed by atoms with van der Waals surface area (Å²) in [6, 6.07) is 103. The lowest BCUT2D eigenvalue weighted by Gasteiger charge is -2.26. The lowest BCUT2D eigenvalue weighted by atomic mass is 10.1. The molecule has 0 radical (unpaired) electrons. The summed E-state index contributed by atoms with van der Waals surface area (Å²) >= 11 is 0. The highest BCUT2D eigenvalue weighted by Gasteiger charge is 2.14. The SMILES string of the molecule is Cc1ccc(N(C)c2ccc(C)cc2)cc1.Cc1ccc(N(C)c2cccc(C)c2)cc1.Cc1ccc(N(c2ccc(C)cc2)c2ccc(C)cc2)cc1.Cc1ccc(N(c2ccc(C)cc2)c2cccc(C)c2)cc1.Cc1cccc(N(C)c2cccc(C)c2)c1. The molecule has 0 aliphatic carbocycles. The fourth-order valence-electron chi connectivity index (χ4n) is 10.4. The van der Waals surface area contributed by atoms with Gasteiger partial charge in [-0.1, -0.05) is 190 Å². The van der Waals surface area contributed by atoms with Gasteiger partial charge in [-0.3, -0.25) is 0 Å². The van der Waals surface area contributed by atoms with Crippen molar-refractivity contribution < 1.29 is 0 Å². The third kappa shape index (κ3) is 19.8. The standard InChI is InChI=1S/2C21H21N.3C15H17N/c1-16-4-10-19(11-5-16)22(20-12-6-17(2)7-13-20)21-14-8-18(3)9-15-21;1-16-7-11-19(12-8-16)22(20-13-9-17(2)10-14-20)21-6-4-5-18(3)15-21;1-12-4-8-14(9-5-12)16(3)15-10-6-13(2)7-11-15;1-12-6-4-8-14(10-12)16(3)15-9-5-7-13(2)11-15;1-12-7-9-14(10-8-12)16(3)15-6-4-5-13(2)11-15/h2*4-15H,1-3H3;3*4-11H,1-3H3. The Morgan fingerprint density at radius 2 is 0.293 bits per heavy atom. The maximum Gasteiger partial charge on any atom is 0.0464 e. The fourth-order valence-corrected chi connectivity index (χ4v) is 10.4. The van der Waals surface area contributed by atoms with Crippen molar-refractivity contribution in [2.75, 3.05) is 45.6 Å². The van der Waals surface area contributed by atoms with Crippen LogP contribution in [-0.2, 0) is 0 Å². The van der Waals surface area contributed by atoms with E-state index in [0.717, 1.165) is 0 Å². The minimum Gasteiger partial charge on any atom is -0.345 e. The second-order valence-electron chi connectivity index (χ2n) is 24.4. The molecule has 0 unspecified atom stereocenters. The van der Waals surface area contributed by atoms with Crippen LogP contribution in [0.1, 0.15) is 66.8 Å². The smallest absolute Gasteiger partial charge is 0.0464 e. The Morgan fingerprint density at radius 1 is 0.141 bits per heavy atom. The molecule has 5 heteroatoms. The van der Waals surface area contributed by atoms with E-state index >= 15 is 0 Å². The third-order valence-electron chi connectivity index (χ3n) is 16.2. The summed E-state index contributed by atoms with van der Waals surface area (Å²) in [6.45, 7) is 25.4. The average Bonchev–Trinajstić information content (AvgIpc) is 1.60. The van der Waals surface area contributed by atoms with Gasteiger partial charge in [-0.25, -0.2) is 0 Å². The third-order valence-corrected chi connectivity index (χ3v) is 16.2. The summed E-state index contributed by atoms with van der Waals surface area (Å²) in [4.78, 5) is 11.2. The van der Waals surface area contributed by atoms with Crippen molar-refractivity contribution >= 4 is 68.2 Å². The van der Waals surface area contributed by atoms with Gasteiger partial charge in [0, 0.05) is 89.4 Å². The van der Waals surface area contributed by atoms with Gasteiger partial charge in [-0.05, 0) is 251 Å². The van der Waals surface area contributed by atoms with E-state index in [0.29, 0.717) is 0 Å². The molecule has 12 aromatic carbocycles. The number of benzene rings is 12. The maximum atomic E-state index is 2.30. The molecule has 0 aromatic heterocycles. The number of hydrogen-bond donors (Lipinski definition) is 0. The molecule has 0 saturated heterocycles. The van der Waals surface area contributed by atoms with E-state index in [4.69, 9.17) is 0 Å². The zero-order valence-electron chi connectivity index (χ0n) is 56.9. The highest BCUT2D eigenvalue weighted by atomic mass is 15.2. The lowest BCUT2D eigenvalue weighted by Crippen LogP contribution is -2.10. The van der Waals surface area contributed by atoms with Gasteiger partial charge in [-0.2, -0.15) is 0 Å². The van der Waals surface area contributed by atoms with Gasteiger partial charge >= 0.3 is 0 Å². The first-order valence-corrected chi connectivity index (χ1v) is 31.9. The lowest BCUT2D eigenvalue weighted by molar-refractivity contribution is 1.19. The van der Waals surface area contributed by atoms with Crippen molar-refractivity contribution in [1.29, 1.82) is 0 Å². The molecule has 12 aromatic rings. The predicted molar refractivity (Wildman–Crippen MR) is 402 cm³/mol. The van der Waals surface area contributed by atoms with E-state index < -0.39 is 0 Å². The predicted octanol–water partition coefficient (Wildman–Crippen LogP) is 24.4. The van der Waals surface area contributed by atoms with Gasteiger partial charge in [-0.15, -0.1) is 0 Å². The van der Waals surface area contributed by atoms with Gasteiger partial charge < -0.3 is 24.5 Å². The number of anilines is 12. The fraction of sp³-hybridized carbons (Fsp3) is 0.172. The molecule has 0 bridgehead atoms. The van der Waals surface area contributed by atoms with Gasteiger partial charge in [0.1, 0.15) is 0 Å². The summed E-state index contributed by atoms with van der Waals surface area (Å²) in [7, 11) is 6.29. The quantitative estimate of drug-likeness (QED) is 0.121. The Labute approximate surface area is 551 Å². The first kappa shape index (κ1) is 67.6. The molecule has 0 N–H and O–H groups in total. The molecule has 92 heavy (non-hydrogen) atoms. The van der Waals surface area contributed by atoms with Gasteiger partial charge in [0.25, 0.3) is 0 Å². The molecule has 0 aliphatic heterocycles. The van der Waals surface area contributed by atoms with Crippen molar-refractivity contribution in [3.05, 3.63) is 358 Å². The van der Waals surface area contributed by atoms with Crippen LogP contribution < -0.4 is 24.5 Å². The molecule has 0 aliphatic rings. The normalized spacial score (nSPS) is 10.3. The highest BCUT2D eigenvalue weighted by Crippen LogP contribution is 2.37. The molecular weight excluding hydrogens is 1110 g/mol. The van der Waals surface area contributed by atoms with E-state index in [1.165, 1.54) is 135 Å². The maximum absolute atomic E-state index is 2.30. The zero-order valence-corrected chi connectivity index (χ0v) is 56.9. The van der Waals surface area contributed by atoms with Crippen LogP contribution in [-0.4, -0.2) is 21.1 Å². The Bertz CT molecular complexity index is 3930. The van der Waals surface area contributed by atoms with Crippen molar-refractivity contribution in [1.82, 2.24) is 0 Å². The van der Waals surface area contributed by atoms with Crippen molar-refractivity contribution in [2.45, 2.75) is 83.1 Å². The Hall–Kier alpha value is -10.4. The van der Waals surface area contributed by atoms with E-state index in [1.807, 2.05) is 0 Å². The topological polar surface area (TPSA) is 16.2 Å². The average molecular weight is 1210 g/mol. The summed E-state index contributed by atoms with van der Waals surface area (Å²) in [5.41, 5.74) is 29.8. The molecule has 12 rings (SSSR count). The van der Waals surface area contributed by atoms with E-state index in [2.05, 4.69) is 420 Å². The van der Waals surface area contributed by atoms with Crippen LogP contribution in [0.25, 0.3) is 0 Å². The van der Waals surface area contributed by atoms with E-state index in [-0.39, 0.29) is 0 Å². The Morgan fingerprint density at radius 3 is 0.500 bits per heavy atom. The molecule has 0 spiro atoms. The van der Waals surface area contributed by atoms with Crippen molar-refractivity contribution in [3.8, 4) is 0 Å². The summed E-state index contributed by atoms with van der Waals surface area (Å²) in [6.07, 6.45) is 0. The molecule has 0 saturated carbocycles. The van der Waals surface area contributed by atoms with E-state index in [9.17, 15) is 0 Å². The zero-order chi connectivity index (χ0) is 65.7. The second kappa shape index (κ2) is 32.9. The summed E-state index contributed by atoms with van der Waals surface area (Å²) in [5.74, 6) is 0. The molecule has 0 amide bonds. The minimum absolute atomic E-state index is 1.18. The Kier molecular flexibility index (Phi) is 24.2. The van der Waals surface area contributed by atoms with Crippen LogP contribution in [0.4, 0.5) is 68.2 Å². The highest BCUT2D eigenvalue weighted by molar-refractivity contribution is 5.78. The van der Waals surface area contributed by atoms with E-state index in [1.54, 1.807) is 0 Å². The van der Waals surface area contributed by atoms with Crippen LogP contribution in [0.3, 0.4) is 0 Å². The van der Waals surface area contributed by atoms with Crippen molar-refractivity contribution in [3.63, 3.8) is 0 Å². The summed E-state index contributed by atoms with van der Waals surface area (Å²) in [5, 5.41) is 0. The van der Waals surface area contributed by atoms with Crippen LogP contribution in [0.15, 0.2) is 291 Å². The molecule has 5 nitrogen and oxygen atoms in total. The van der Waals surface area contributed by atoms with Crippen LogP contribution in [0.5, 0.6) is 0 Å². The number of rotatable bonds is 12. The first-order valence-electron chi connectivity index (χ1n) is 31.9. The van der Waals surface area contributed by atoms with Gasteiger partial charge in [0.2, 0.25) is 0 Å². The Balaban J connectivity index is 0.000000149. The van der Waals surface area contributed by atoms with Crippen LogP contribution >= 0.6 is 0 Å². The second-order valence-corrected chi connectivity index (χ2v) is 24.4. The first-order chi connectivity index (χ1) is 44.3. The molecule has 466 valence electrons. The van der Waals surface area contributed by atoms with Crippen LogP contribution in [0.2, 0.25) is 0 Å². The van der Waals surface area contributed by atoms with Gasteiger partial charge in [0.05, 0.1) is 0 Å². The van der Waals surface area contributed by atoms with Gasteiger partial charge in [0.15, 0.2) is 0 Å². The number of hydrogen-bond acceptors (Lipinski definition) is 5. The minimum atomic E-state index is 1.18. The largest absolute Gasteiger partial charge is 0.345 e. The summed E-state index contributed by atoms with van der Waals surface area (Å²) < 4.78 is 0. The molecular formula is C87H93N5. The number of aryl methyl sites for hydroxylation is 12. The molecule has 0 heterocycles. The van der Waals surface area contributed by atoms with Crippen molar-refractivity contribution in [2.24, 2.45) is 0 Å². The molecule has 0 atom stereocenters. The van der Waals surface area contributed by atoms with Crippen LogP contribution in [0, 0.1) is 83.1 Å².